The van der Waals surface area contributed by atoms with E-state index >= 15 is 0 Å². The minimum absolute atomic E-state index is 0.0335. The van der Waals surface area contributed by atoms with Crippen LogP contribution in [0.1, 0.15) is 24.2 Å². The fraction of sp³-hybridized carbons (Fsp3) is 0.478. The summed E-state index contributed by atoms with van der Waals surface area (Å²) in [6.07, 6.45) is 0.872. The zero-order valence-corrected chi connectivity index (χ0v) is 18.0. The molecule has 0 bridgehead atoms. The van der Waals surface area contributed by atoms with Crippen LogP contribution in [-0.4, -0.2) is 42.2 Å². The van der Waals surface area contributed by atoms with E-state index in [9.17, 15) is 0 Å². The largest absolute Gasteiger partial charge is 0.493 e. The smallest absolute Gasteiger partial charge is 0.203 e. The maximum atomic E-state index is 6.20. The lowest BCUT2D eigenvalue weighted by Gasteiger charge is -2.21. The third-order valence-corrected chi connectivity index (χ3v) is 5.67. The van der Waals surface area contributed by atoms with Crippen LogP contribution in [0, 0.1) is 11.8 Å². The lowest BCUT2D eigenvalue weighted by atomic mass is 9.85. The molecule has 6 nitrogen and oxygen atoms in total. The van der Waals surface area contributed by atoms with Crippen LogP contribution in [0.5, 0.6) is 28.7 Å². The van der Waals surface area contributed by atoms with E-state index in [0.29, 0.717) is 35.7 Å². The van der Waals surface area contributed by atoms with Crippen LogP contribution in [0.25, 0.3) is 0 Å². The highest BCUT2D eigenvalue weighted by atomic mass is 16.5. The Kier molecular flexibility index (Phi) is 6.75. The maximum absolute atomic E-state index is 6.20. The highest BCUT2D eigenvalue weighted by Gasteiger charge is 2.36. The first-order chi connectivity index (χ1) is 14.1. The number of hydrogen-bond acceptors (Lipinski definition) is 6. The fourth-order valence-corrected chi connectivity index (χ4v) is 4.00. The lowest BCUT2D eigenvalue weighted by molar-refractivity contribution is 0.0929. The van der Waals surface area contributed by atoms with E-state index in [1.165, 1.54) is 5.56 Å². The molecule has 1 saturated heterocycles. The minimum Gasteiger partial charge on any atom is -0.493 e. The average Bonchev–Trinajstić information content (AvgIpc) is 3.12. The molecule has 1 aliphatic heterocycles. The molecule has 0 radical (unpaired) electrons. The number of rotatable bonds is 8. The minimum atomic E-state index is -0.0335. The fourth-order valence-electron chi connectivity index (χ4n) is 4.00. The summed E-state index contributed by atoms with van der Waals surface area (Å²) < 4.78 is 33.4. The standard InChI is InChI=1S/C23H30O6/c1-14-17(9-15-7-8-18(24-2)19(10-15)25-3)13-29-22(14)16-11-20(26-4)23(28-6)21(12-16)27-5/h7-8,10-12,14,17,22H,9,13H2,1-6H3/t14-,17+,22+/m1/s1. The van der Waals surface area contributed by atoms with Gasteiger partial charge in [-0.1, -0.05) is 13.0 Å². The Balaban J connectivity index is 1.80. The molecule has 0 N–H and O–H groups in total. The van der Waals surface area contributed by atoms with Crippen LogP contribution in [-0.2, 0) is 11.2 Å². The molecule has 1 fully saturated rings. The van der Waals surface area contributed by atoms with Crippen molar-refractivity contribution in [1.82, 2.24) is 0 Å². The molecule has 1 aliphatic rings. The number of methoxy groups -OCH3 is 5. The predicted octanol–water partition coefficient (Wildman–Crippen LogP) is 4.30. The van der Waals surface area contributed by atoms with Crippen LogP contribution in [0.3, 0.4) is 0 Å². The zero-order valence-electron chi connectivity index (χ0n) is 18.0. The van der Waals surface area contributed by atoms with Gasteiger partial charge in [-0.2, -0.15) is 0 Å². The SMILES string of the molecule is COc1ccc(C[C@H]2CO[C@H](c3cc(OC)c(OC)c(OC)c3)[C@@H]2C)cc1OC. The monoisotopic (exact) mass is 402 g/mol. The molecule has 2 aromatic rings. The maximum Gasteiger partial charge on any atom is 0.203 e. The third-order valence-electron chi connectivity index (χ3n) is 5.67. The molecule has 0 unspecified atom stereocenters. The van der Waals surface area contributed by atoms with Gasteiger partial charge in [0.1, 0.15) is 0 Å². The van der Waals surface area contributed by atoms with Gasteiger partial charge >= 0.3 is 0 Å². The first-order valence-corrected chi connectivity index (χ1v) is 9.68. The molecule has 6 heteroatoms. The van der Waals surface area contributed by atoms with Gasteiger partial charge in [0, 0.05) is 0 Å². The molecule has 158 valence electrons. The average molecular weight is 402 g/mol. The summed E-state index contributed by atoms with van der Waals surface area (Å²) in [4.78, 5) is 0. The van der Waals surface area contributed by atoms with Gasteiger partial charge in [-0.3, -0.25) is 0 Å². The highest BCUT2D eigenvalue weighted by Crippen LogP contribution is 2.45. The highest BCUT2D eigenvalue weighted by molar-refractivity contribution is 5.54. The first-order valence-electron chi connectivity index (χ1n) is 9.68. The molecule has 3 rings (SSSR count). The quantitative estimate of drug-likeness (QED) is 0.656. The van der Waals surface area contributed by atoms with E-state index in [0.717, 1.165) is 23.5 Å². The lowest BCUT2D eigenvalue weighted by Crippen LogP contribution is -2.14. The summed E-state index contributed by atoms with van der Waals surface area (Å²) in [7, 11) is 8.16. The van der Waals surface area contributed by atoms with Crippen molar-refractivity contribution in [2.24, 2.45) is 11.8 Å². The third kappa shape index (κ3) is 4.22. The van der Waals surface area contributed by atoms with Gasteiger partial charge in [0.15, 0.2) is 23.0 Å². The van der Waals surface area contributed by atoms with Crippen molar-refractivity contribution in [1.29, 1.82) is 0 Å². The van der Waals surface area contributed by atoms with E-state index in [4.69, 9.17) is 28.4 Å². The molecule has 3 atom stereocenters. The molecule has 29 heavy (non-hydrogen) atoms. The van der Waals surface area contributed by atoms with Crippen LogP contribution < -0.4 is 23.7 Å². The molecule has 0 aliphatic carbocycles. The Hall–Kier alpha value is -2.60. The summed E-state index contributed by atoms with van der Waals surface area (Å²) in [5.74, 6) is 4.07. The van der Waals surface area contributed by atoms with Crippen LogP contribution >= 0.6 is 0 Å². The van der Waals surface area contributed by atoms with Gasteiger partial charge in [-0.15, -0.1) is 0 Å². The van der Waals surface area contributed by atoms with E-state index in [-0.39, 0.29) is 6.10 Å². The number of ether oxygens (including phenoxy) is 6. The molecule has 0 amide bonds. The second-order valence-electron chi connectivity index (χ2n) is 7.23. The van der Waals surface area contributed by atoms with Crippen molar-refractivity contribution in [3.63, 3.8) is 0 Å². The predicted molar refractivity (Wildman–Crippen MR) is 111 cm³/mol. The van der Waals surface area contributed by atoms with Crippen molar-refractivity contribution in [3.8, 4) is 28.7 Å². The number of benzene rings is 2. The molecule has 1 heterocycles. The van der Waals surface area contributed by atoms with Gasteiger partial charge in [0.25, 0.3) is 0 Å². The van der Waals surface area contributed by atoms with Crippen LogP contribution in [0.2, 0.25) is 0 Å². The summed E-state index contributed by atoms with van der Waals surface area (Å²) in [6.45, 7) is 2.92. The van der Waals surface area contributed by atoms with E-state index in [1.807, 2.05) is 24.3 Å². The Morgan fingerprint density at radius 1 is 0.793 bits per heavy atom. The summed E-state index contributed by atoms with van der Waals surface area (Å²) in [5, 5.41) is 0. The Bertz CT molecular complexity index is 809. The topological polar surface area (TPSA) is 55.4 Å². The first kappa shape index (κ1) is 21.1. The van der Waals surface area contributed by atoms with Crippen molar-refractivity contribution >= 4 is 0 Å². The second kappa shape index (κ2) is 9.27. The zero-order chi connectivity index (χ0) is 21.0. The Morgan fingerprint density at radius 2 is 1.41 bits per heavy atom. The molecule has 0 saturated carbocycles. The van der Waals surface area contributed by atoms with Gasteiger partial charge in [0.05, 0.1) is 48.3 Å². The van der Waals surface area contributed by atoms with E-state index in [1.54, 1.807) is 35.5 Å². The van der Waals surface area contributed by atoms with Crippen molar-refractivity contribution in [3.05, 3.63) is 41.5 Å². The van der Waals surface area contributed by atoms with Gasteiger partial charge < -0.3 is 28.4 Å². The van der Waals surface area contributed by atoms with Crippen molar-refractivity contribution in [2.45, 2.75) is 19.4 Å². The summed E-state index contributed by atoms with van der Waals surface area (Å²) >= 11 is 0. The molecule has 2 aromatic carbocycles. The van der Waals surface area contributed by atoms with Crippen molar-refractivity contribution < 1.29 is 28.4 Å². The molecule has 0 aromatic heterocycles. The van der Waals surface area contributed by atoms with Crippen LogP contribution in [0.15, 0.2) is 30.3 Å². The second-order valence-corrected chi connectivity index (χ2v) is 7.23. The Labute approximate surface area is 172 Å². The number of hydrogen-bond donors (Lipinski definition) is 0. The van der Waals surface area contributed by atoms with Crippen LogP contribution in [0.4, 0.5) is 0 Å². The Morgan fingerprint density at radius 3 is 1.97 bits per heavy atom. The van der Waals surface area contributed by atoms with Gasteiger partial charge in [-0.05, 0) is 53.6 Å². The molecular weight excluding hydrogens is 372 g/mol. The van der Waals surface area contributed by atoms with Gasteiger partial charge in [0.2, 0.25) is 5.75 Å². The van der Waals surface area contributed by atoms with E-state index < -0.39 is 0 Å². The summed E-state index contributed by atoms with van der Waals surface area (Å²) in [5.41, 5.74) is 2.23. The molecule has 0 spiro atoms. The van der Waals surface area contributed by atoms with Crippen molar-refractivity contribution in [2.75, 3.05) is 42.2 Å². The summed E-state index contributed by atoms with van der Waals surface area (Å²) in [6, 6.07) is 10.0. The normalized spacial score (nSPS) is 21.0. The molecular formula is C23H30O6. The van der Waals surface area contributed by atoms with Gasteiger partial charge in [-0.25, -0.2) is 0 Å². The van der Waals surface area contributed by atoms with E-state index in [2.05, 4.69) is 13.0 Å².